The first-order chi connectivity index (χ1) is 11.5. The Hall–Kier alpha value is -2.79. The van der Waals surface area contributed by atoms with Gasteiger partial charge in [-0.1, -0.05) is 23.7 Å². The molecule has 0 fully saturated rings. The lowest BCUT2D eigenvalue weighted by Gasteiger charge is -2.12. The first-order valence-corrected chi connectivity index (χ1v) is 7.47. The summed E-state index contributed by atoms with van der Waals surface area (Å²) in [4.78, 5) is 16.3. The predicted octanol–water partition coefficient (Wildman–Crippen LogP) is 4.27. The Morgan fingerprint density at radius 3 is 2.54 bits per heavy atom. The number of aromatic nitrogens is 1. The number of fused-ring (bicyclic) bond motifs is 1. The van der Waals surface area contributed by atoms with Crippen molar-refractivity contribution in [1.29, 1.82) is 0 Å². The Bertz CT molecular complexity index is 940. The van der Waals surface area contributed by atoms with Crippen molar-refractivity contribution in [3.05, 3.63) is 53.1 Å². The normalized spacial score (nSPS) is 10.6. The van der Waals surface area contributed by atoms with Gasteiger partial charge in [0.25, 0.3) is 0 Å². The average Bonchev–Trinajstić information content (AvgIpc) is 2.59. The molecule has 0 radical (unpaired) electrons. The van der Waals surface area contributed by atoms with Crippen LogP contribution in [0, 0.1) is 0 Å². The Balaban J connectivity index is 2.36. The van der Waals surface area contributed by atoms with Crippen molar-refractivity contribution in [3.8, 4) is 22.8 Å². The van der Waals surface area contributed by atoms with E-state index in [0.29, 0.717) is 33.1 Å². The minimum atomic E-state index is -1.06. The van der Waals surface area contributed by atoms with Crippen molar-refractivity contribution in [1.82, 2.24) is 4.98 Å². The third kappa shape index (κ3) is 2.86. The van der Waals surface area contributed by atoms with E-state index in [1.165, 1.54) is 20.3 Å². The molecule has 6 heteroatoms. The van der Waals surface area contributed by atoms with Crippen molar-refractivity contribution in [2.45, 2.75) is 0 Å². The van der Waals surface area contributed by atoms with Crippen LogP contribution in [-0.4, -0.2) is 30.3 Å². The molecule has 0 unspecified atom stereocenters. The van der Waals surface area contributed by atoms with Gasteiger partial charge in [0.15, 0.2) is 0 Å². The lowest BCUT2D eigenvalue weighted by Crippen LogP contribution is -2.02. The van der Waals surface area contributed by atoms with Crippen molar-refractivity contribution in [2.75, 3.05) is 14.2 Å². The first kappa shape index (κ1) is 16.1. The van der Waals surface area contributed by atoms with Gasteiger partial charge in [-0.3, -0.25) is 0 Å². The maximum Gasteiger partial charge on any atom is 0.336 e. The fourth-order valence-corrected chi connectivity index (χ4v) is 2.74. The molecule has 0 aliphatic carbocycles. The molecule has 24 heavy (non-hydrogen) atoms. The molecule has 0 aliphatic heterocycles. The highest BCUT2D eigenvalue weighted by molar-refractivity contribution is 6.30. The highest BCUT2D eigenvalue weighted by atomic mass is 35.5. The second-order valence-corrected chi connectivity index (χ2v) is 5.53. The lowest BCUT2D eigenvalue weighted by atomic mass is 10.0. The highest BCUT2D eigenvalue weighted by Gasteiger charge is 2.18. The molecule has 2 aromatic carbocycles. The van der Waals surface area contributed by atoms with Crippen LogP contribution in [0.25, 0.3) is 22.2 Å². The minimum absolute atomic E-state index is 0.106. The van der Waals surface area contributed by atoms with E-state index < -0.39 is 5.97 Å². The third-order valence-corrected chi connectivity index (χ3v) is 3.89. The van der Waals surface area contributed by atoms with Gasteiger partial charge in [-0.05, 0) is 18.2 Å². The molecule has 0 saturated carbocycles. The number of carbonyl (C=O) groups is 1. The van der Waals surface area contributed by atoms with Gasteiger partial charge in [0.1, 0.15) is 11.5 Å². The molecular formula is C18H14ClNO4. The second-order valence-electron chi connectivity index (χ2n) is 5.09. The number of ether oxygens (including phenoxy) is 2. The fourth-order valence-electron chi connectivity index (χ4n) is 2.55. The molecule has 1 aromatic heterocycles. The van der Waals surface area contributed by atoms with Crippen LogP contribution in [0.4, 0.5) is 0 Å². The molecule has 0 atom stereocenters. The molecular weight excluding hydrogens is 330 g/mol. The van der Waals surface area contributed by atoms with E-state index in [9.17, 15) is 9.90 Å². The molecule has 5 nitrogen and oxygen atoms in total. The van der Waals surface area contributed by atoms with Crippen molar-refractivity contribution in [3.63, 3.8) is 0 Å². The topological polar surface area (TPSA) is 68.7 Å². The summed E-state index contributed by atoms with van der Waals surface area (Å²) in [6.07, 6.45) is 0. The Morgan fingerprint density at radius 1 is 1.12 bits per heavy atom. The summed E-state index contributed by atoms with van der Waals surface area (Å²) in [5.74, 6) is -0.132. The average molecular weight is 344 g/mol. The molecule has 0 spiro atoms. The number of carboxylic acid groups (broad SMARTS) is 1. The summed E-state index contributed by atoms with van der Waals surface area (Å²) >= 11 is 6.03. The van der Waals surface area contributed by atoms with Gasteiger partial charge in [-0.2, -0.15) is 0 Å². The van der Waals surface area contributed by atoms with Gasteiger partial charge in [0.2, 0.25) is 0 Å². The number of rotatable bonds is 4. The number of hydrogen-bond donors (Lipinski definition) is 1. The lowest BCUT2D eigenvalue weighted by molar-refractivity contribution is 0.0698. The van der Waals surface area contributed by atoms with Crippen molar-refractivity contribution in [2.24, 2.45) is 0 Å². The molecule has 1 heterocycles. The number of nitrogens with zero attached hydrogens (tertiary/aromatic N) is 1. The number of benzene rings is 2. The molecule has 0 amide bonds. The third-order valence-electron chi connectivity index (χ3n) is 3.65. The fraction of sp³-hybridized carbons (Fsp3) is 0.111. The monoisotopic (exact) mass is 343 g/mol. The summed E-state index contributed by atoms with van der Waals surface area (Å²) in [7, 11) is 3.00. The van der Waals surface area contributed by atoms with Crippen LogP contribution < -0.4 is 9.47 Å². The molecule has 0 saturated heterocycles. The highest BCUT2D eigenvalue weighted by Crippen LogP contribution is 2.35. The zero-order chi connectivity index (χ0) is 17.3. The quantitative estimate of drug-likeness (QED) is 0.766. The molecule has 1 N–H and O–H groups in total. The number of pyridine rings is 1. The summed E-state index contributed by atoms with van der Waals surface area (Å²) in [5.41, 5.74) is 1.82. The van der Waals surface area contributed by atoms with E-state index in [4.69, 9.17) is 21.1 Å². The van der Waals surface area contributed by atoms with Crippen LogP contribution >= 0.6 is 11.6 Å². The number of aromatic carboxylic acids is 1. The van der Waals surface area contributed by atoms with Gasteiger partial charge in [0.05, 0.1) is 36.4 Å². The molecule has 0 aliphatic rings. The van der Waals surface area contributed by atoms with Crippen LogP contribution in [0.1, 0.15) is 10.4 Å². The minimum Gasteiger partial charge on any atom is -0.497 e. The maximum absolute atomic E-state index is 11.7. The smallest absolute Gasteiger partial charge is 0.336 e. The summed E-state index contributed by atoms with van der Waals surface area (Å²) < 4.78 is 10.6. The zero-order valence-electron chi connectivity index (χ0n) is 13.0. The summed E-state index contributed by atoms with van der Waals surface area (Å²) in [5, 5.41) is 10.6. The molecule has 122 valence electrons. The van der Waals surface area contributed by atoms with E-state index in [0.717, 1.165) is 5.56 Å². The van der Waals surface area contributed by atoms with Gasteiger partial charge in [-0.25, -0.2) is 9.78 Å². The van der Waals surface area contributed by atoms with E-state index in [1.54, 1.807) is 30.3 Å². The van der Waals surface area contributed by atoms with E-state index >= 15 is 0 Å². The van der Waals surface area contributed by atoms with Gasteiger partial charge < -0.3 is 14.6 Å². The number of halogens is 1. The summed E-state index contributed by atoms with van der Waals surface area (Å²) in [6.45, 7) is 0. The number of methoxy groups -OCH3 is 2. The van der Waals surface area contributed by atoms with Crippen LogP contribution in [0.15, 0.2) is 42.5 Å². The number of hydrogen-bond acceptors (Lipinski definition) is 4. The van der Waals surface area contributed by atoms with E-state index in [-0.39, 0.29) is 5.56 Å². The maximum atomic E-state index is 11.7. The summed E-state index contributed by atoms with van der Waals surface area (Å²) in [6, 6.07) is 11.9. The molecule has 0 bridgehead atoms. The van der Waals surface area contributed by atoms with Crippen LogP contribution in [0.3, 0.4) is 0 Å². The van der Waals surface area contributed by atoms with Gasteiger partial charge in [0, 0.05) is 22.7 Å². The standard InChI is InChI=1S/C18H14ClNO4/c1-23-12-7-15-17(16(8-12)24-2)13(18(21)22)9-14(20-15)10-4-3-5-11(19)6-10/h3-9H,1-2H3,(H,21,22). The second kappa shape index (κ2) is 6.37. The molecule has 3 rings (SSSR count). The SMILES string of the molecule is COc1cc(OC)c2c(C(=O)O)cc(-c3cccc(Cl)c3)nc2c1. The van der Waals surface area contributed by atoms with E-state index in [2.05, 4.69) is 4.98 Å². The van der Waals surface area contributed by atoms with Crippen molar-refractivity contribution >= 4 is 28.5 Å². The van der Waals surface area contributed by atoms with Gasteiger partial charge >= 0.3 is 5.97 Å². The zero-order valence-corrected chi connectivity index (χ0v) is 13.8. The van der Waals surface area contributed by atoms with E-state index in [1.807, 2.05) is 6.07 Å². The van der Waals surface area contributed by atoms with Crippen LogP contribution in [0.5, 0.6) is 11.5 Å². The number of carboxylic acids is 1. The van der Waals surface area contributed by atoms with Gasteiger partial charge in [-0.15, -0.1) is 0 Å². The Kier molecular flexibility index (Phi) is 4.27. The first-order valence-electron chi connectivity index (χ1n) is 7.09. The van der Waals surface area contributed by atoms with Crippen LogP contribution in [0.2, 0.25) is 5.02 Å². The predicted molar refractivity (Wildman–Crippen MR) is 92.3 cm³/mol. The largest absolute Gasteiger partial charge is 0.497 e. The van der Waals surface area contributed by atoms with Crippen molar-refractivity contribution < 1.29 is 19.4 Å². The van der Waals surface area contributed by atoms with Crippen LogP contribution in [-0.2, 0) is 0 Å². The Morgan fingerprint density at radius 2 is 1.92 bits per heavy atom. The Labute approximate surface area is 143 Å². The molecule has 3 aromatic rings.